The number of carboxylic acid groups (broad SMARTS) is 1. The topological polar surface area (TPSA) is 141 Å². The number of rotatable bonds is 6. The third kappa shape index (κ3) is 4.65. The second-order valence-corrected chi connectivity index (χ2v) is 8.79. The molecule has 0 fully saturated rings. The molecule has 0 spiro atoms. The van der Waals surface area contributed by atoms with Crippen LogP contribution in [0.15, 0.2) is 87.9 Å². The predicted molar refractivity (Wildman–Crippen MR) is 123 cm³/mol. The normalized spacial score (nSPS) is 11.7. The van der Waals surface area contributed by atoms with Gasteiger partial charge in [0.15, 0.2) is 5.75 Å². The number of hydrogen-bond acceptors (Lipinski definition) is 7. The molecule has 9 nitrogen and oxygen atoms in total. The van der Waals surface area contributed by atoms with E-state index in [4.69, 9.17) is 0 Å². The lowest BCUT2D eigenvalue weighted by atomic mass is 10.0. The van der Waals surface area contributed by atoms with E-state index >= 15 is 0 Å². The molecule has 0 aliphatic heterocycles. The minimum absolute atomic E-state index is 0.00549. The maximum absolute atomic E-state index is 12.6. The smallest absolute Gasteiger partial charge is 0.339 e. The Balaban J connectivity index is 1.64. The van der Waals surface area contributed by atoms with E-state index in [0.29, 0.717) is 22.2 Å². The number of carboxylic acids is 1. The summed E-state index contributed by atoms with van der Waals surface area (Å²) < 4.78 is 27.6. The third-order valence-corrected chi connectivity index (χ3v) is 6.14. The molecule has 10 heteroatoms. The fraction of sp³-hybridized carbons (Fsp3) is 0.0435. The molecule has 4 rings (SSSR count). The Bertz CT molecular complexity index is 1500. The maximum Gasteiger partial charge on any atom is 0.339 e. The molecule has 0 bridgehead atoms. The van der Waals surface area contributed by atoms with Crippen molar-refractivity contribution in [3.05, 3.63) is 84.1 Å². The maximum atomic E-state index is 12.6. The van der Waals surface area contributed by atoms with Crippen molar-refractivity contribution >= 4 is 44.0 Å². The average Bonchev–Trinajstić information content (AvgIpc) is 2.78. The zero-order valence-electron chi connectivity index (χ0n) is 17.3. The molecule has 166 valence electrons. The number of carbonyl (C=O) groups is 1. The van der Waals surface area contributed by atoms with Gasteiger partial charge in [-0.05, 0) is 54.8 Å². The summed E-state index contributed by atoms with van der Waals surface area (Å²) in [6.07, 6.45) is 0. The highest BCUT2D eigenvalue weighted by Gasteiger charge is 2.18. The quantitative estimate of drug-likeness (QED) is 0.338. The number of anilines is 1. The molecule has 3 N–H and O–H groups in total. The Morgan fingerprint density at radius 1 is 0.970 bits per heavy atom. The largest absolute Gasteiger partial charge is 0.505 e. The Labute approximate surface area is 189 Å². The number of benzene rings is 3. The van der Waals surface area contributed by atoms with Crippen LogP contribution in [0.3, 0.4) is 0 Å². The van der Waals surface area contributed by atoms with Gasteiger partial charge in [0.25, 0.3) is 10.0 Å². The number of sulfonamides is 1. The van der Waals surface area contributed by atoms with Crippen molar-refractivity contribution in [2.45, 2.75) is 11.8 Å². The first-order chi connectivity index (χ1) is 15.7. The molecule has 33 heavy (non-hydrogen) atoms. The number of azo groups is 1. The standard InChI is InChI=1S/C23H18N4O5S/c1-14-5-4-8-20(24-14)27-33(31,32)17-11-9-16(10-12-17)25-26-21-18-7-3-2-6-15(18)13-19(22(21)28)23(29)30/h2-13,28H,1H3,(H,24,27)(H,29,30). The molecule has 0 radical (unpaired) electrons. The van der Waals surface area contributed by atoms with Gasteiger partial charge in [0.2, 0.25) is 0 Å². The second kappa shape index (κ2) is 8.67. The summed E-state index contributed by atoms with van der Waals surface area (Å²) in [7, 11) is -3.85. The summed E-state index contributed by atoms with van der Waals surface area (Å²) in [5.74, 6) is -1.58. The molecule has 3 aromatic carbocycles. The number of nitrogens with one attached hydrogen (secondary N) is 1. The summed E-state index contributed by atoms with van der Waals surface area (Å²) in [4.78, 5) is 15.6. The van der Waals surface area contributed by atoms with Gasteiger partial charge in [0.1, 0.15) is 17.1 Å². The van der Waals surface area contributed by atoms with Crippen molar-refractivity contribution in [1.29, 1.82) is 0 Å². The van der Waals surface area contributed by atoms with Crippen molar-refractivity contribution in [3.8, 4) is 5.75 Å². The molecule has 4 aromatic rings. The van der Waals surface area contributed by atoms with Gasteiger partial charge >= 0.3 is 5.97 Å². The fourth-order valence-electron chi connectivity index (χ4n) is 3.18. The lowest BCUT2D eigenvalue weighted by Crippen LogP contribution is -2.13. The molecular weight excluding hydrogens is 444 g/mol. The van der Waals surface area contributed by atoms with E-state index in [1.54, 1.807) is 49.4 Å². The van der Waals surface area contributed by atoms with Crippen molar-refractivity contribution in [2.75, 3.05) is 4.72 Å². The summed E-state index contributed by atoms with van der Waals surface area (Å²) in [5, 5.41) is 29.0. The number of aromatic hydroxyl groups is 1. The van der Waals surface area contributed by atoms with E-state index in [9.17, 15) is 23.4 Å². The molecule has 0 atom stereocenters. The zero-order valence-corrected chi connectivity index (χ0v) is 18.1. The van der Waals surface area contributed by atoms with Gasteiger partial charge in [-0.2, -0.15) is 5.11 Å². The van der Waals surface area contributed by atoms with Crippen molar-refractivity contribution in [1.82, 2.24) is 4.98 Å². The van der Waals surface area contributed by atoms with Gasteiger partial charge in [-0.3, -0.25) is 4.72 Å². The van der Waals surface area contributed by atoms with Gasteiger partial charge in [-0.15, -0.1) is 5.11 Å². The van der Waals surface area contributed by atoms with E-state index in [1.807, 2.05) is 0 Å². The molecular formula is C23H18N4O5S. The highest BCUT2D eigenvalue weighted by atomic mass is 32.2. The number of phenols is 1. The molecule has 0 saturated heterocycles. The van der Waals surface area contributed by atoms with Crippen LogP contribution in [0.1, 0.15) is 16.1 Å². The first kappa shape index (κ1) is 21.9. The molecule has 0 unspecified atom stereocenters. The minimum atomic E-state index is -3.85. The van der Waals surface area contributed by atoms with Crippen molar-refractivity contribution < 1.29 is 23.4 Å². The fourth-order valence-corrected chi connectivity index (χ4v) is 4.18. The Morgan fingerprint density at radius 2 is 1.70 bits per heavy atom. The van der Waals surface area contributed by atoms with Gasteiger partial charge in [-0.1, -0.05) is 30.3 Å². The van der Waals surface area contributed by atoms with E-state index in [-0.39, 0.29) is 22.0 Å². The van der Waals surface area contributed by atoms with Gasteiger partial charge in [0.05, 0.1) is 10.6 Å². The number of pyridine rings is 1. The molecule has 0 amide bonds. The molecule has 1 heterocycles. The number of fused-ring (bicyclic) bond motifs is 1. The van der Waals surface area contributed by atoms with E-state index in [1.165, 1.54) is 30.3 Å². The van der Waals surface area contributed by atoms with Crippen LogP contribution in [0.2, 0.25) is 0 Å². The summed E-state index contributed by atoms with van der Waals surface area (Å²) in [5.41, 5.74) is 0.704. The molecule has 0 aliphatic carbocycles. The predicted octanol–water partition coefficient (Wildman–Crippen LogP) is 5.16. The van der Waals surface area contributed by atoms with Crippen LogP contribution >= 0.6 is 0 Å². The van der Waals surface area contributed by atoms with Gasteiger partial charge in [0, 0.05) is 11.1 Å². The van der Waals surface area contributed by atoms with E-state index in [0.717, 1.165) is 0 Å². The molecule has 0 aliphatic rings. The number of aryl methyl sites for hydroxylation is 1. The zero-order chi connectivity index (χ0) is 23.6. The van der Waals surface area contributed by atoms with E-state index in [2.05, 4.69) is 19.9 Å². The van der Waals surface area contributed by atoms with Gasteiger partial charge < -0.3 is 10.2 Å². The van der Waals surface area contributed by atoms with Crippen LogP contribution in [0.4, 0.5) is 17.2 Å². The van der Waals surface area contributed by atoms with Crippen LogP contribution in [0.5, 0.6) is 5.75 Å². The lowest BCUT2D eigenvalue weighted by molar-refractivity contribution is 0.0694. The van der Waals surface area contributed by atoms with Gasteiger partial charge in [-0.25, -0.2) is 18.2 Å². The van der Waals surface area contributed by atoms with Crippen LogP contribution in [0, 0.1) is 6.92 Å². The average molecular weight is 462 g/mol. The van der Waals surface area contributed by atoms with Crippen LogP contribution in [-0.2, 0) is 10.0 Å². The summed E-state index contributed by atoms with van der Waals surface area (Å²) in [6, 6.07) is 18.8. The van der Waals surface area contributed by atoms with Crippen LogP contribution in [0.25, 0.3) is 10.8 Å². The minimum Gasteiger partial charge on any atom is -0.505 e. The second-order valence-electron chi connectivity index (χ2n) is 7.11. The third-order valence-electron chi connectivity index (χ3n) is 4.77. The number of aromatic carboxylic acids is 1. The SMILES string of the molecule is Cc1cccc(NS(=O)(=O)c2ccc(N=Nc3c(O)c(C(=O)O)cc4ccccc34)cc2)n1. The van der Waals surface area contributed by atoms with Crippen molar-refractivity contribution in [2.24, 2.45) is 10.2 Å². The summed E-state index contributed by atoms with van der Waals surface area (Å²) >= 11 is 0. The number of nitrogens with zero attached hydrogens (tertiary/aromatic N) is 3. The Kier molecular flexibility index (Phi) is 5.76. The highest BCUT2D eigenvalue weighted by molar-refractivity contribution is 7.92. The number of aromatic nitrogens is 1. The Hall–Kier alpha value is -4.31. The monoisotopic (exact) mass is 462 g/mol. The Morgan fingerprint density at radius 3 is 2.39 bits per heavy atom. The molecule has 1 aromatic heterocycles. The summed E-state index contributed by atoms with van der Waals surface area (Å²) in [6.45, 7) is 1.75. The van der Waals surface area contributed by atoms with Crippen LogP contribution in [-0.4, -0.2) is 29.6 Å². The number of hydrogen-bond donors (Lipinski definition) is 3. The highest BCUT2D eigenvalue weighted by Crippen LogP contribution is 2.39. The first-order valence-corrected chi connectivity index (χ1v) is 11.2. The van der Waals surface area contributed by atoms with Crippen molar-refractivity contribution in [3.63, 3.8) is 0 Å². The van der Waals surface area contributed by atoms with Crippen LogP contribution < -0.4 is 4.72 Å². The molecule has 0 saturated carbocycles. The van der Waals surface area contributed by atoms with E-state index < -0.39 is 21.7 Å². The lowest BCUT2D eigenvalue weighted by Gasteiger charge is -2.08. The first-order valence-electron chi connectivity index (χ1n) is 9.71.